The zero-order valence-electron chi connectivity index (χ0n) is 15.2. The molecule has 3 aromatic rings. The molecule has 3 aromatic carbocycles. The highest BCUT2D eigenvalue weighted by molar-refractivity contribution is 6.32. The van der Waals surface area contributed by atoms with Crippen LogP contribution in [0.15, 0.2) is 66.7 Å². The maximum Gasteiger partial charge on any atom is 0.339 e. The van der Waals surface area contributed by atoms with Crippen LogP contribution in [0.1, 0.15) is 15.9 Å². The van der Waals surface area contributed by atoms with E-state index in [1.54, 1.807) is 13.2 Å². The van der Waals surface area contributed by atoms with Crippen molar-refractivity contribution in [2.45, 2.75) is 6.54 Å². The summed E-state index contributed by atoms with van der Waals surface area (Å²) in [5.74, 6) is 0.289. The van der Waals surface area contributed by atoms with Gasteiger partial charge in [0, 0.05) is 12.2 Å². The quantitative estimate of drug-likeness (QED) is 0.579. The SMILES string of the molecule is COC(=O)c1ccccc1NCc1cccc(-c2ccc(OC)c(Cl)c2)c1. The van der Waals surface area contributed by atoms with E-state index in [1.165, 1.54) is 7.11 Å². The normalized spacial score (nSPS) is 10.3. The number of carbonyl (C=O) groups is 1. The smallest absolute Gasteiger partial charge is 0.339 e. The Labute approximate surface area is 163 Å². The number of hydrogen-bond acceptors (Lipinski definition) is 4. The lowest BCUT2D eigenvalue weighted by atomic mass is 10.0. The second-order valence-electron chi connectivity index (χ2n) is 5.94. The number of ether oxygens (including phenoxy) is 2. The third-order valence-corrected chi connectivity index (χ3v) is 4.52. The van der Waals surface area contributed by atoms with E-state index in [0.29, 0.717) is 22.9 Å². The van der Waals surface area contributed by atoms with Gasteiger partial charge < -0.3 is 14.8 Å². The van der Waals surface area contributed by atoms with Gasteiger partial charge in [-0.25, -0.2) is 4.79 Å². The molecule has 138 valence electrons. The minimum atomic E-state index is -0.361. The zero-order valence-corrected chi connectivity index (χ0v) is 15.9. The van der Waals surface area contributed by atoms with Gasteiger partial charge >= 0.3 is 5.97 Å². The van der Waals surface area contributed by atoms with Crippen LogP contribution in [-0.2, 0) is 11.3 Å². The predicted molar refractivity (Wildman–Crippen MR) is 109 cm³/mol. The predicted octanol–water partition coefficient (Wildman–Crippen LogP) is 5.41. The van der Waals surface area contributed by atoms with E-state index in [-0.39, 0.29) is 5.97 Å². The second kappa shape index (κ2) is 8.60. The molecule has 0 aliphatic carbocycles. The molecular formula is C22H20ClNO3. The van der Waals surface area contributed by atoms with Crippen molar-refractivity contribution in [1.82, 2.24) is 0 Å². The Bertz CT molecular complexity index is 956. The number of nitrogens with one attached hydrogen (secondary N) is 1. The van der Waals surface area contributed by atoms with Gasteiger partial charge in [-0.3, -0.25) is 0 Å². The second-order valence-corrected chi connectivity index (χ2v) is 6.35. The Kier molecular flexibility index (Phi) is 5.99. The number of halogens is 1. The first kappa shape index (κ1) is 18.8. The summed E-state index contributed by atoms with van der Waals surface area (Å²) in [6, 6.07) is 21.2. The molecule has 0 radical (unpaired) electrons. The number of carbonyl (C=O) groups excluding carboxylic acids is 1. The number of esters is 1. The van der Waals surface area contributed by atoms with E-state index in [0.717, 1.165) is 22.4 Å². The number of anilines is 1. The molecule has 0 saturated heterocycles. The van der Waals surface area contributed by atoms with E-state index >= 15 is 0 Å². The van der Waals surface area contributed by atoms with Crippen LogP contribution in [0.25, 0.3) is 11.1 Å². The van der Waals surface area contributed by atoms with Gasteiger partial charge in [-0.2, -0.15) is 0 Å². The molecule has 0 aliphatic heterocycles. The summed E-state index contributed by atoms with van der Waals surface area (Å²) in [5, 5.41) is 3.88. The maximum atomic E-state index is 11.9. The number of para-hydroxylation sites is 1. The van der Waals surface area contributed by atoms with Crippen LogP contribution >= 0.6 is 11.6 Å². The highest BCUT2D eigenvalue weighted by atomic mass is 35.5. The van der Waals surface area contributed by atoms with Gasteiger partial charge in [-0.05, 0) is 47.0 Å². The molecule has 4 nitrogen and oxygen atoms in total. The number of benzene rings is 3. The van der Waals surface area contributed by atoms with E-state index < -0.39 is 0 Å². The molecule has 0 spiro atoms. The van der Waals surface area contributed by atoms with Crippen LogP contribution in [0.3, 0.4) is 0 Å². The fourth-order valence-corrected chi connectivity index (χ4v) is 3.09. The molecule has 0 amide bonds. The van der Waals surface area contributed by atoms with Gasteiger partial charge in [0.15, 0.2) is 0 Å². The zero-order chi connectivity index (χ0) is 19.2. The topological polar surface area (TPSA) is 47.6 Å². The van der Waals surface area contributed by atoms with Crippen LogP contribution in [0.5, 0.6) is 5.75 Å². The fraction of sp³-hybridized carbons (Fsp3) is 0.136. The maximum absolute atomic E-state index is 11.9. The first-order valence-electron chi connectivity index (χ1n) is 8.46. The standard InChI is InChI=1S/C22H20ClNO3/c1-26-21-11-10-17(13-19(21)23)16-7-5-6-15(12-16)14-24-20-9-4-3-8-18(20)22(25)27-2/h3-13,24H,14H2,1-2H3. The van der Waals surface area contributed by atoms with Crippen molar-refractivity contribution in [3.05, 3.63) is 82.9 Å². The van der Waals surface area contributed by atoms with Gasteiger partial charge in [-0.15, -0.1) is 0 Å². The van der Waals surface area contributed by atoms with Crippen molar-refractivity contribution in [1.29, 1.82) is 0 Å². The van der Waals surface area contributed by atoms with E-state index in [4.69, 9.17) is 21.1 Å². The summed E-state index contributed by atoms with van der Waals surface area (Å²) < 4.78 is 10.0. The van der Waals surface area contributed by atoms with E-state index in [1.807, 2.05) is 54.6 Å². The molecule has 3 rings (SSSR count). The summed E-state index contributed by atoms with van der Waals surface area (Å²) in [6.07, 6.45) is 0. The molecule has 1 N–H and O–H groups in total. The Balaban J connectivity index is 1.79. The van der Waals surface area contributed by atoms with E-state index in [2.05, 4.69) is 11.4 Å². The van der Waals surface area contributed by atoms with Gasteiger partial charge in [-0.1, -0.05) is 48.0 Å². The highest BCUT2D eigenvalue weighted by Crippen LogP contribution is 2.30. The third kappa shape index (κ3) is 4.41. The Hall–Kier alpha value is -2.98. The number of methoxy groups -OCH3 is 2. The van der Waals surface area contributed by atoms with Gasteiger partial charge in [0.05, 0.1) is 24.8 Å². The van der Waals surface area contributed by atoms with Crippen LogP contribution < -0.4 is 10.1 Å². The van der Waals surface area contributed by atoms with Crippen molar-refractivity contribution in [3.8, 4) is 16.9 Å². The molecular weight excluding hydrogens is 362 g/mol. The highest BCUT2D eigenvalue weighted by Gasteiger charge is 2.11. The van der Waals surface area contributed by atoms with Gasteiger partial charge in [0.2, 0.25) is 0 Å². The molecule has 0 heterocycles. The summed E-state index contributed by atoms with van der Waals surface area (Å²) >= 11 is 6.24. The molecule has 0 atom stereocenters. The van der Waals surface area contributed by atoms with Gasteiger partial charge in [0.25, 0.3) is 0 Å². The largest absolute Gasteiger partial charge is 0.495 e. The summed E-state index contributed by atoms with van der Waals surface area (Å²) in [4.78, 5) is 11.9. The monoisotopic (exact) mass is 381 g/mol. The molecule has 27 heavy (non-hydrogen) atoms. The van der Waals surface area contributed by atoms with Crippen LogP contribution in [0.4, 0.5) is 5.69 Å². The Morgan fingerprint density at radius 1 is 0.963 bits per heavy atom. The molecule has 0 saturated carbocycles. The van der Waals surface area contributed by atoms with Crippen molar-refractivity contribution in [2.75, 3.05) is 19.5 Å². The molecule has 5 heteroatoms. The van der Waals surface area contributed by atoms with Crippen molar-refractivity contribution in [3.63, 3.8) is 0 Å². The first-order chi connectivity index (χ1) is 13.1. The Morgan fingerprint density at radius 3 is 2.48 bits per heavy atom. The molecule has 0 aliphatic rings. The van der Waals surface area contributed by atoms with Crippen molar-refractivity contribution >= 4 is 23.3 Å². The van der Waals surface area contributed by atoms with Crippen molar-refractivity contribution in [2.24, 2.45) is 0 Å². The first-order valence-corrected chi connectivity index (χ1v) is 8.84. The summed E-state index contributed by atoms with van der Waals surface area (Å²) in [5.41, 5.74) is 4.40. The van der Waals surface area contributed by atoms with Crippen LogP contribution in [0.2, 0.25) is 5.02 Å². The van der Waals surface area contributed by atoms with Crippen molar-refractivity contribution < 1.29 is 14.3 Å². The average molecular weight is 382 g/mol. The number of hydrogen-bond donors (Lipinski definition) is 1. The lowest BCUT2D eigenvalue weighted by molar-refractivity contribution is 0.0602. The minimum Gasteiger partial charge on any atom is -0.495 e. The third-order valence-electron chi connectivity index (χ3n) is 4.23. The molecule has 0 unspecified atom stereocenters. The van der Waals surface area contributed by atoms with Crippen LogP contribution in [-0.4, -0.2) is 20.2 Å². The van der Waals surface area contributed by atoms with E-state index in [9.17, 15) is 4.79 Å². The average Bonchev–Trinajstić information content (AvgIpc) is 2.72. The Morgan fingerprint density at radius 2 is 1.74 bits per heavy atom. The fourth-order valence-electron chi connectivity index (χ4n) is 2.83. The molecule has 0 aromatic heterocycles. The van der Waals surface area contributed by atoms with Crippen LogP contribution in [0, 0.1) is 0 Å². The lowest BCUT2D eigenvalue weighted by Crippen LogP contribution is -2.08. The lowest BCUT2D eigenvalue weighted by Gasteiger charge is -2.12. The molecule has 0 bridgehead atoms. The molecule has 0 fully saturated rings. The minimum absolute atomic E-state index is 0.361. The van der Waals surface area contributed by atoms with Gasteiger partial charge in [0.1, 0.15) is 5.75 Å². The number of rotatable bonds is 6. The summed E-state index contributed by atoms with van der Waals surface area (Å²) in [6.45, 7) is 0.575. The summed E-state index contributed by atoms with van der Waals surface area (Å²) in [7, 11) is 2.97.